The molecular formula is C44H24Br8N4. The summed E-state index contributed by atoms with van der Waals surface area (Å²) in [5.74, 6) is -0.234. The molecular weight excluding hydrogens is 1220 g/mol. The summed E-state index contributed by atoms with van der Waals surface area (Å²) in [6.45, 7) is 0. The van der Waals surface area contributed by atoms with E-state index in [0.717, 1.165) is 115 Å². The van der Waals surface area contributed by atoms with Gasteiger partial charge in [-0.3, -0.25) is 0 Å². The molecule has 9 rings (SSSR count). The second-order valence-corrected chi connectivity index (χ2v) is 19.6. The minimum Gasteiger partial charge on any atom is -0.375 e. The lowest BCUT2D eigenvalue weighted by Gasteiger charge is -2.27. The van der Waals surface area contributed by atoms with Crippen LogP contribution in [0.15, 0.2) is 184 Å². The number of rotatable bonds is 4. The first-order chi connectivity index (χ1) is 27.2. The zero-order valence-electron chi connectivity index (χ0n) is 28.6. The smallest absolute Gasteiger partial charge is 0.0891 e. The summed E-state index contributed by atoms with van der Waals surface area (Å²) in [6, 6.07) is 41.4. The summed E-state index contributed by atoms with van der Waals surface area (Å²) in [5.41, 5.74) is 12.7. The van der Waals surface area contributed by atoms with Crippen molar-refractivity contribution in [3.63, 3.8) is 0 Å². The predicted octanol–water partition coefficient (Wildman–Crippen LogP) is 15.2. The van der Waals surface area contributed by atoms with Crippen LogP contribution in [0.25, 0.3) is 16.7 Å². The maximum Gasteiger partial charge on any atom is 0.0891 e. The van der Waals surface area contributed by atoms with Crippen LogP contribution >= 0.6 is 127 Å². The summed E-state index contributed by atoms with van der Waals surface area (Å²) in [6.07, 6.45) is 0. The number of nitrogens with zero attached hydrogens (tertiary/aromatic N) is 2. The number of H-pyrrole nitrogens is 1. The molecule has 0 radical (unpaired) electrons. The summed E-state index contributed by atoms with van der Waals surface area (Å²) in [7, 11) is 0. The maximum absolute atomic E-state index is 5.59. The van der Waals surface area contributed by atoms with Crippen LogP contribution in [0.4, 0.5) is 0 Å². The predicted molar refractivity (Wildman–Crippen MR) is 260 cm³/mol. The van der Waals surface area contributed by atoms with E-state index in [9.17, 15) is 0 Å². The summed E-state index contributed by atoms with van der Waals surface area (Å²) in [5, 5.41) is 3.99. The third-order valence-corrected chi connectivity index (χ3v) is 18.6. The number of aromatic nitrogens is 1. The van der Waals surface area contributed by atoms with Gasteiger partial charge in [-0.1, -0.05) is 137 Å². The van der Waals surface area contributed by atoms with Gasteiger partial charge < -0.3 is 10.3 Å². The number of aliphatic imine (C=N–C) groups is 2. The molecule has 56 heavy (non-hydrogen) atoms. The first-order valence-corrected chi connectivity index (χ1v) is 23.6. The summed E-state index contributed by atoms with van der Waals surface area (Å²) >= 11 is 32.4. The third-order valence-electron chi connectivity index (χ3n) is 10.0. The van der Waals surface area contributed by atoms with E-state index in [0.29, 0.717) is 0 Å². The van der Waals surface area contributed by atoms with Crippen LogP contribution in [0.5, 0.6) is 0 Å². The molecule has 276 valence electrons. The fourth-order valence-electron chi connectivity index (χ4n) is 7.49. The number of hydrogen-bond acceptors (Lipinski definition) is 3. The van der Waals surface area contributed by atoms with E-state index >= 15 is 0 Å². The Morgan fingerprint density at radius 3 is 1.41 bits per heavy atom. The molecule has 0 aliphatic carbocycles. The zero-order valence-corrected chi connectivity index (χ0v) is 41.3. The highest BCUT2D eigenvalue weighted by Gasteiger charge is 2.43. The van der Waals surface area contributed by atoms with Gasteiger partial charge in [0, 0.05) is 21.2 Å². The summed E-state index contributed by atoms with van der Waals surface area (Å²) in [4.78, 5) is 15.0. The molecule has 0 amide bonds. The van der Waals surface area contributed by atoms with E-state index < -0.39 is 0 Å². The van der Waals surface area contributed by atoms with Crippen molar-refractivity contribution in [1.29, 1.82) is 0 Å². The van der Waals surface area contributed by atoms with Gasteiger partial charge in [0.25, 0.3) is 0 Å². The lowest BCUT2D eigenvalue weighted by atomic mass is 9.87. The Morgan fingerprint density at radius 2 is 0.893 bits per heavy atom. The molecule has 0 saturated heterocycles. The molecule has 2 atom stereocenters. The largest absolute Gasteiger partial charge is 0.375 e. The number of halogens is 8. The lowest BCUT2D eigenvalue weighted by molar-refractivity contribution is 0.661. The molecule has 5 aromatic rings. The third kappa shape index (κ3) is 6.58. The van der Waals surface area contributed by atoms with Crippen molar-refractivity contribution in [2.24, 2.45) is 9.98 Å². The highest BCUT2D eigenvalue weighted by Crippen LogP contribution is 2.52. The molecule has 4 aliphatic heterocycles. The van der Waals surface area contributed by atoms with Crippen LogP contribution in [0, 0.1) is 0 Å². The van der Waals surface area contributed by atoms with Crippen molar-refractivity contribution >= 4 is 156 Å². The van der Waals surface area contributed by atoms with Crippen LogP contribution in [-0.2, 0) is 0 Å². The number of hydrogen-bond donors (Lipinski definition) is 2. The molecule has 5 heterocycles. The zero-order chi connectivity index (χ0) is 38.8. The van der Waals surface area contributed by atoms with Crippen LogP contribution in [-0.4, -0.2) is 22.4 Å². The number of aromatic amines is 1. The highest BCUT2D eigenvalue weighted by molar-refractivity contribution is 9.15. The Balaban J connectivity index is 1.46. The molecule has 4 aliphatic rings. The SMILES string of the molecule is BrC1=C(Br)/C2=C(\c3ccccc3)c3[nH]c(c(Br)c3Br)/C(c3ccccc3)=C3\N=C(C(Br)=C3Br)C(c3ccccc3)C3N/C(=C(/c4ccccc4)C1=N2)C(Br)=C3Br. The number of nitrogens with one attached hydrogen (secondary N) is 2. The van der Waals surface area contributed by atoms with Crippen LogP contribution in [0.2, 0.25) is 0 Å². The molecule has 1 aromatic heterocycles. The topological polar surface area (TPSA) is 52.5 Å². The molecule has 0 saturated carbocycles. The van der Waals surface area contributed by atoms with Crippen molar-refractivity contribution < 1.29 is 0 Å². The maximum atomic E-state index is 5.59. The molecule has 2 unspecified atom stereocenters. The fourth-order valence-corrected chi connectivity index (χ4v) is 11.6. The Morgan fingerprint density at radius 1 is 0.446 bits per heavy atom. The minimum atomic E-state index is -0.249. The van der Waals surface area contributed by atoms with Gasteiger partial charge in [-0.2, -0.15) is 0 Å². The van der Waals surface area contributed by atoms with E-state index in [2.05, 4.69) is 235 Å². The highest BCUT2D eigenvalue weighted by atomic mass is 79.9. The van der Waals surface area contributed by atoms with Crippen LogP contribution in [0.3, 0.4) is 0 Å². The van der Waals surface area contributed by atoms with Gasteiger partial charge in [0.15, 0.2) is 0 Å². The molecule has 8 bridgehead atoms. The molecule has 12 heteroatoms. The van der Waals surface area contributed by atoms with Crippen molar-refractivity contribution in [2.45, 2.75) is 12.0 Å². The molecule has 0 fully saturated rings. The van der Waals surface area contributed by atoms with Gasteiger partial charge in [0.05, 0.1) is 83.2 Å². The first-order valence-electron chi connectivity index (χ1n) is 17.3. The number of fused-ring (bicyclic) bond motifs is 6. The monoisotopic (exact) mass is 1240 g/mol. The Labute approximate surface area is 391 Å². The van der Waals surface area contributed by atoms with Gasteiger partial charge in [0.1, 0.15) is 0 Å². The normalized spacial score (nSPS) is 23.6. The van der Waals surface area contributed by atoms with E-state index in [1.165, 1.54) is 0 Å². The average molecular weight is 1250 g/mol. The van der Waals surface area contributed by atoms with Gasteiger partial charge >= 0.3 is 0 Å². The van der Waals surface area contributed by atoms with E-state index in [1.54, 1.807) is 0 Å². The van der Waals surface area contributed by atoms with E-state index in [1.807, 2.05) is 24.3 Å². The van der Waals surface area contributed by atoms with Crippen molar-refractivity contribution in [3.05, 3.63) is 208 Å². The first kappa shape index (κ1) is 39.1. The average Bonchev–Trinajstić information content (AvgIpc) is 3.89. The quantitative estimate of drug-likeness (QED) is 0.185. The molecule has 4 aromatic carbocycles. The van der Waals surface area contributed by atoms with Crippen LogP contribution in [0.1, 0.15) is 39.6 Å². The molecule has 2 N–H and O–H groups in total. The number of allylic oxidation sites excluding steroid dienone is 6. The lowest BCUT2D eigenvalue weighted by Crippen LogP contribution is -2.35. The fraction of sp³-hybridized carbons (Fsp3) is 0.0455. The number of benzene rings is 4. The second-order valence-electron chi connectivity index (χ2n) is 13.2. The molecule has 4 nitrogen and oxygen atoms in total. The summed E-state index contributed by atoms with van der Waals surface area (Å²) < 4.78 is 7.01. The van der Waals surface area contributed by atoms with Gasteiger partial charge in [-0.05, 0) is 134 Å². The van der Waals surface area contributed by atoms with Gasteiger partial charge in [-0.25, -0.2) is 9.98 Å². The van der Waals surface area contributed by atoms with E-state index in [4.69, 9.17) is 9.98 Å². The second kappa shape index (κ2) is 16.0. The van der Waals surface area contributed by atoms with E-state index in [-0.39, 0.29) is 12.0 Å². The standard InChI is InChI=1S/C44H24Br8N4/c45-29-31(47)39-26(22-15-7-2-8-16-22)41-33(49)35(51)43(55-41)28(24-19-11-4-12-20-24)44-36(52)34(50)42(56-44)27(23-17-9-3-10-18-23)40-32(48)30(46)38(54-40)25(37(29)53-39)21-13-5-1-6-14-21/h1-20,25,37,53,56H/b39-26-,40-27-,43-28-. The van der Waals surface area contributed by atoms with Gasteiger partial charge in [-0.15, -0.1) is 0 Å². The Bertz CT molecular complexity index is 2720. The molecule has 0 spiro atoms. The minimum absolute atomic E-state index is 0.234. The van der Waals surface area contributed by atoms with Crippen LogP contribution < -0.4 is 5.32 Å². The van der Waals surface area contributed by atoms with Crippen molar-refractivity contribution in [3.8, 4) is 0 Å². The Kier molecular flexibility index (Phi) is 11.1. The van der Waals surface area contributed by atoms with Gasteiger partial charge in [0.2, 0.25) is 0 Å². The van der Waals surface area contributed by atoms with Crippen molar-refractivity contribution in [1.82, 2.24) is 10.3 Å². The van der Waals surface area contributed by atoms with Crippen molar-refractivity contribution in [2.75, 3.05) is 0 Å². The Hall–Kier alpha value is -2.42.